The second-order valence-electron chi connectivity index (χ2n) is 8.42. The maximum Gasteiger partial charge on any atom is 0.321 e. The smallest absolute Gasteiger partial charge is 0.321 e. The fourth-order valence-corrected chi connectivity index (χ4v) is 3.97. The van der Waals surface area contributed by atoms with Crippen LogP contribution in [-0.2, 0) is 4.79 Å². The predicted octanol–water partition coefficient (Wildman–Crippen LogP) is 3.50. The molecule has 172 valence electrons. The molecule has 1 aliphatic heterocycles. The average Bonchev–Trinajstić information content (AvgIpc) is 3.20. The molecule has 0 radical (unpaired) electrons. The first kappa shape index (κ1) is 22.7. The zero-order valence-electron chi connectivity index (χ0n) is 18.6. The number of amides is 3. The zero-order chi connectivity index (χ0) is 23.4. The molecule has 2 heterocycles. The predicted molar refractivity (Wildman–Crippen MR) is 124 cm³/mol. The van der Waals surface area contributed by atoms with Gasteiger partial charge >= 0.3 is 6.03 Å². The molecule has 3 amide bonds. The number of ether oxygens (including phenoxy) is 2. The van der Waals surface area contributed by atoms with Crippen molar-refractivity contribution in [2.75, 3.05) is 12.4 Å². The second kappa shape index (κ2) is 9.53. The number of aromatic nitrogens is 3. The highest BCUT2D eigenvalue weighted by Crippen LogP contribution is 2.36. The number of thioether (sulfide) groups is 1. The van der Waals surface area contributed by atoms with Crippen LogP contribution < -0.4 is 20.1 Å². The summed E-state index contributed by atoms with van der Waals surface area (Å²) in [5, 5.41) is 14.2. The molecule has 0 saturated carbocycles. The van der Waals surface area contributed by atoms with Gasteiger partial charge in [0.2, 0.25) is 5.91 Å². The van der Waals surface area contributed by atoms with Crippen molar-refractivity contribution in [2.45, 2.75) is 37.6 Å². The molecule has 1 aromatic heterocycles. The molecule has 4 rings (SSSR count). The zero-order valence-corrected chi connectivity index (χ0v) is 19.4. The van der Waals surface area contributed by atoms with Gasteiger partial charge in [-0.2, -0.15) is 0 Å². The van der Waals surface area contributed by atoms with E-state index >= 15 is 0 Å². The van der Waals surface area contributed by atoms with Crippen LogP contribution in [0.1, 0.15) is 32.7 Å². The minimum absolute atomic E-state index is 0.00656. The van der Waals surface area contributed by atoms with Crippen molar-refractivity contribution in [3.05, 3.63) is 60.4 Å². The molecule has 0 spiro atoms. The molecule has 3 aromatic rings. The highest BCUT2D eigenvalue weighted by atomic mass is 32.2. The van der Waals surface area contributed by atoms with Gasteiger partial charge in [-0.1, -0.05) is 42.1 Å². The molecule has 0 unspecified atom stereocenters. The van der Waals surface area contributed by atoms with Crippen LogP contribution in [0.3, 0.4) is 0 Å². The molecule has 33 heavy (non-hydrogen) atoms. The summed E-state index contributed by atoms with van der Waals surface area (Å²) in [5.41, 5.74) is 0.383. The largest absolute Gasteiger partial charge is 0.485 e. The fraction of sp³-hybridized carbons (Fsp3) is 0.304. The van der Waals surface area contributed by atoms with E-state index in [0.29, 0.717) is 22.5 Å². The lowest BCUT2D eigenvalue weighted by Crippen LogP contribution is -2.48. The van der Waals surface area contributed by atoms with Crippen LogP contribution in [0.5, 0.6) is 11.5 Å². The van der Waals surface area contributed by atoms with Crippen molar-refractivity contribution in [3.63, 3.8) is 0 Å². The number of hydrogen-bond donors (Lipinski definition) is 2. The Labute approximate surface area is 195 Å². The minimum Gasteiger partial charge on any atom is -0.485 e. The summed E-state index contributed by atoms with van der Waals surface area (Å²) in [4.78, 5) is 24.3. The number of nitrogens with zero attached hydrogens (tertiary/aromatic N) is 3. The fourth-order valence-electron chi connectivity index (χ4n) is 3.21. The van der Waals surface area contributed by atoms with Gasteiger partial charge in [0.25, 0.3) is 0 Å². The molecular formula is C23H25N5O4S. The number of hydrogen-bond acceptors (Lipinski definition) is 7. The van der Waals surface area contributed by atoms with Gasteiger partial charge in [-0.25, -0.2) is 4.79 Å². The summed E-state index contributed by atoms with van der Waals surface area (Å²) in [6, 6.07) is 16.5. The summed E-state index contributed by atoms with van der Waals surface area (Å²) < 4.78 is 13.8. The first-order valence-electron chi connectivity index (χ1n) is 10.4. The Balaban J connectivity index is 1.53. The number of carbonyl (C=O) groups is 2. The van der Waals surface area contributed by atoms with E-state index in [4.69, 9.17) is 9.47 Å². The molecule has 10 heteroatoms. The van der Waals surface area contributed by atoms with Crippen molar-refractivity contribution in [2.24, 2.45) is 0 Å². The van der Waals surface area contributed by atoms with Gasteiger partial charge in [-0.3, -0.25) is 14.7 Å². The van der Waals surface area contributed by atoms with Crippen LogP contribution in [0.4, 0.5) is 4.79 Å². The van der Waals surface area contributed by atoms with Gasteiger partial charge in [0.1, 0.15) is 6.61 Å². The van der Waals surface area contributed by atoms with Gasteiger partial charge in [0.05, 0.1) is 5.75 Å². The quantitative estimate of drug-likeness (QED) is 0.553. The SMILES string of the molecule is CC(C)(C)NC(=O)NC(=O)CSc1nnc([C@H]2COc3ccccc3O2)n1-c1ccccc1. The highest BCUT2D eigenvalue weighted by Gasteiger charge is 2.29. The number of para-hydroxylation sites is 3. The third-order valence-electron chi connectivity index (χ3n) is 4.54. The molecule has 0 saturated heterocycles. The molecule has 2 N–H and O–H groups in total. The number of carbonyl (C=O) groups excluding carboxylic acids is 2. The van der Waals surface area contributed by atoms with Crippen LogP contribution in [0.15, 0.2) is 59.8 Å². The number of urea groups is 1. The maximum atomic E-state index is 12.3. The highest BCUT2D eigenvalue weighted by molar-refractivity contribution is 7.99. The van der Waals surface area contributed by atoms with E-state index < -0.39 is 23.6 Å². The van der Waals surface area contributed by atoms with Crippen LogP contribution in [0.2, 0.25) is 0 Å². The Kier molecular flexibility index (Phi) is 6.55. The summed E-state index contributed by atoms with van der Waals surface area (Å²) in [6.07, 6.45) is -0.478. The lowest BCUT2D eigenvalue weighted by molar-refractivity contribution is -0.117. The summed E-state index contributed by atoms with van der Waals surface area (Å²) in [6.45, 7) is 5.79. The van der Waals surface area contributed by atoms with E-state index in [1.807, 2.05) is 79.9 Å². The lowest BCUT2D eigenvalue weighted by Gasteiger charge is -2.26. The van der Waals surface area contributed by atoms with Gasteiger partial charge in [0, 0.05) is 11.2 Å². The van der Waals surface area contributed by atoms with Gasteiger partial charge < -0.3 is 14.8 Å². The molecule has 1 aliphatic rings. The normalized spacial score (nSPS) is 15.1. The van der Waals surface area contributed by atoms with Crippen molar-refractivity contribution in [1.29, 1.82) is 0 Å². The minimum atomic E-state index is -0.537. The monoisotopic (exact) mass is 467 g/mol. The molecule has 0 fully saturated rings. The van der Waals surface area contributed by atoms with E-state index in [1.54, 1.807) is 0 Å². The van der Waals surface area contributed by atoms with Gasteiger partial charge in [-0.05, 0) is 45.0 Å². The number of fused-ring (bicyclic) bond motifs is 1. The Morgan fingerprint density at radius 1 is 1.06 bits per heavy atom. The average molecular weight is 468 g/mol. The third kappa shape index (κ3) is 5.64. The Morgan fingerprint density at radius 3 is 2.48 bits per heavy atom. The van der Waals surface area contributed by atoms with E-state index in [2.05, 4.69) is 20.8 Å². The molecule has 0 aliphatic carbocycles. The van der Waals surface area contributed by atoms with Crippen molar-refractivity contribution < 1.29 is 19.1 Å². The lowest BCUT2D eigenvalue weighted by atomic mass is 10.1. The summed E-state index contributed by atoms with van der Waals surface area (Å²) >= 11 is 1.18. The van der Waals surface area contributed by atoms with E-state index in [-0.39, 0.29) is 12.4 Å². The number of imide groups is 1. The van der Waals surface area contributed by atoms with Crippen LogP contribution in [0, 0.1) is 0 Å². The van der Waals surface area contributed by atoms with Gasteiger partial charge in [-0.15, -0.1) is 10.2 Å². The first-order chi connectivity index (χ1) is 15.8. The molecule has 2 aromatic carbocycles. The Hall–Kier alpha value is -3.53. The number of benzene rings is 2. The maximum absolute atomic E-state index is 12.3. The first-order valence-corrected chi connectivity index (χ1v) is 11.4. The van der Waals surface area contributed by atoms with Crippen molar-refractivity contribution >= 4 is 23.7 Å². The second-order valence-corrected chi connectivity index (χ2v) is 9.36. The number of nitrogens with one attached hydrogen (secondary N) is 2. The van der Waals surface area contributed by atoms with Crippen LogP contribution in [0.25, 0.3) is 5.69 Å². The molecular weight excluding hydrogens is 442 g/mol. The number of rotatable bonds is 5. The molecule has 1 atom stereocenters. The van der Waals surface area contributed by atoms with E-state index in [0.717, 1.165) is 5.69 Å². The summed E-state index contributed by atoms with van der Waals surface area (Å²) in [5.74, 6) is 1.43. The molecule has 9 nitrogen and oxygen atoms in total. The topological polar surface area (TPSA) is 107 Å². The van der Waals surface area contributed by atoms with E-state index in [1.165, 1.54) is 11.8 Å². The Morgan fingerprint density at radius 2 is 1.76 bits per heavy atom. The van der Waals surface area contributed by atoms with Crippen LogP contribution >= 0.6 is 11.8 Å². The third-order valence-corrected chi connectivity index (χ3v) is 5.47. The standard InChI is InChI=1S/C23H25N5O4S/c1-23(2,3)25-21(30)24-19(29)14-33-22-27-26-20(28(22)15-9-5-4-6-10-15)18-13-31-16-11-7-8-12-17(16)32-18/h4-12,18H,13-14H2,1-3H3,(H2,24,25,29,30)/t18-/m1/s1. The van der Waals surface area contributed by atoms with Crippen molar-refractivity contribution in [1.82, 2.24) is 25.4 Å². The molecule has 0 bridgehead atoms. The van der Waals surface area contributed by atoms with Crippen LogP contribution in [-0.4, -0.2) is 44.6 Å². The Bertz CT molecular complexity index is 1140. The van der Waals surface area contributed by atoms with E-state index in [9.17, 15) is 9.59 Å². The summed E-state index contributed by atoms with van der Waals surface area (Å²) in [7, 11) is 0. The van der Waals surface area contributed by atoms with Gasteiger partial charge in [0.15, 0.2) is 28.6 Å². The van der Waals surface area contributed by atoms with Crippen molar-refractivity contribution in [3.8, 4) is 17.2 Å².